The largest absolute Gasteiger partial charge is 0.373 e. The van der Waals surface area contributed by atoms with Crippen molar-refractivity contribution in [2.24, 2.45) is 11.8 Å². The Hall–Kier alpha value is -1.31. The van der Waals surface area contributed by atoms with E-state index in [9.17, 15) is 0 Å². The van der Waals surface area contributed by atoms with Crippen LogP contribution in [0.4, 0.5) is 0 Å². The van der Waals surface area contributed by atoms with E-state index in [2.05, 4.69) is 56.3 Å². The summed E-state index contributed by atoms with van der Waals surface area (Å²) in [7, 11) is 0. The van der Waals surface area contributed by atoms with Crippen molar-refractivity contribution >= 4 is 11.6 Å². The third-order valence-corrected chi connectivity index (χ3v) is 9.06. The fourth-order valence-corrected chi connectivity index (χ4v) is 7.47. The van der Waals surface area contributed by atoms with Gasteiger partial charge in [0.05, 0.1) is 17.6 Å². The molecule has 2 heteroatoms. The van der Waals surface area contributed by atoms with Crippen molar-refractivity contribution in [3.05, 3.63) is 59.2 Å². The lowest BCUT2D eigenvalue weighted by molar-refractivity contribution is 0.00635. The Morgan fingerprint density at radius 2 is 1.72 bits per heavy atom. The minimum atomic E-state index is 0.0932. The first-order chi connectivity index (χ1) is 14.0. The fourth-order valence-electron chi connectivity index (χ4n) is 7.07. The van der Waals surface area contributed by atoms with E-state index in [-0.39, 0.29) is 10.8 Å². The Bertz CT molecular complexity index is 947. The highest BCUT2D eigenvalue weighted by molar-refractivity contribution is 6.21. The summed E-state index contributed by atoms with van der Waals surface area (Å²) < 4.78 is 6.48. The summed E-state index contributed by atoms with van der Waals surface area (Å²) in [5, 5.41) is 0.233. The van der Waals surface area contributed by atoms with Crippen molar-refractivity contribution in [3.8, 4) is 11.1 Å². The van der Waals surface area contributed by atoms with Gasteiger partial charge in [-0.25, -0.2) is 0 Å². The van der Waals surface area contributed by atoms with Crippen LogP contribution >= 0.6 is 11.6 Å². The van der Waals surface area contributed by atoms with Crippen LogP contribution in [0.5, 0.6) is 0 Å². The number of hydrogen-bond donors (Lipinski definition) is 0. The standard InChI is InChI=1S/C27H31ClO/c1-27(2)22-8-4-3-6-18(22)19-12-10-17(15-23(19)27)16-11-13-25-21(14-16)20-7-5-9-24(28)26(20)29-25/h3-4,6,8,10,12,15-16,20-21,24-26H,5,7,9,11,13-14H2,1-2H3. The van der Waals surface area contributed by atoms with Gasteiger partial charge in [-0.3, -0.25) is 0 Å². The van der Waals surface area contributed by atoms with Gasteiger partial charge in [0, 0.05) is 5.41 Å². The average molecular weight is 407 g/mol. The molecule has 0 aromatic heterocycles. The zero-order chi connectivity index (χ0) is 19.8. The second-order valence-corrected chi connectivity index (χ2v) is 11.0. The third-order valence-electron chi connectivity index (χ3n) is 8.59. The number of rotatable bonds is 1. The van der Waals surface area contributed by atoms with Crippen molar-refractivity contribution in [3.63, 3.8) is 0 Å². The molecule has 29 heavy (non-hydrogen) atoms. The van der Waals surface area contributed by atoms with Crippen molar-refractivity contribution < 1.29 is 4.74 Å². The topological polar surface area (TPSA) is 9.23 Å². The fraction of sp³-hybridized carbons (Fsp3) is 0.556. The van der Waals surface area contributed by atoms with Gasteiger partial charge in [-0.05, 0) is 77.7 Å². The van der Waals surface area contributed by atoms with E-state index in [1.807, 2.05) is 0 Å². The number of alkyl halides is 1. The molecule has 2 aromatic rings. The van der Waals surface area contributed by atoms with Gasteiger partial charge in [0.2, 0.25) is 0 Å². The molecule has 1 saturated heterocycles. The van der Waals surface area contributed by atoms with Gasteiger partial charge in [0.1, 0.15) is 0 Å². The van der Waals surface area contributed by atoms with E-state index in [4.69, 9.17) is 16.3 Å². The molecule has 152 valence electrons. The molecule has 1 heterocycles. The molecule has 4 aliphatic rings. The molecule has 3 aliphatic carbocycles. The molecular weight excluding hydrogens is 376 g/mol. The lowest BCUT2D eigenvalue weighted by atomic mass is 9.68. The summed E-state index contributed by atoms with van der Waals surface area (Å²) in [6.45, 7) is 4.77. The molecule has 2 saturated carbocycles. The molecule has 0 radical (unpaired) electrons. The maximum absolute atomic E-state index is 6.65. The van der Waals surface area contributed by atoms with Crippen LogP contribution in [-0.2, 0) is 10.2 Å². The van der Waals surface area contributed by atoms with Gasteiger partial charge < -0.3 is 4.74 Å². The van der Waals surface area contributed by atoms with Gasteiger partial charge in [-0.15, -0.1) is 11.6 Å². The number of halogens is 1. The number of hydrogen-bond acceptors (Lipinski definition) is 1. The SMILES string of the molecule is CC1(C)c2ccccc2-c2ccc(C3CCC4OC5C(Cl)CCCC5C4C3)cc21. The summed E-state index contributed by atoms with van der Waals surface area (Å²) in [4.78, 5) is 0. The molecule has 0 bridgehead atoms. The Labute approximate surface area is 179 Å². The second-order valence-electron chi connectivity index (χ2n) is 10.4. The van der Waals surface area contributed by atoms with Crippen LogP contribution in [0.3, 0.4) is 0 Å². The van der Waals surface area contributed by atoms with Crippen molar-refractivity contribution in [2.45, 2.75) is 81.3 Å². The highest BCUT2D eigenvalue weighted by Crippen LogP contribution is 2.53. The Kier molecular flexibility index (Phi) is 4.20. The molecule has 1 nitrogen and oxygen atoms in total. The summed E-state index contributed by atoms with van der Waals surface area (Å²) in [5.74, 6) is 2.06. The molecule has 3 fully saturated rings. The van der Waals surface area contributed by atoms with Gasteiger partial charge >= 0.3 is 0 Å². The van der Waals surface area contributed by atoms with Crippen molar-refractivity contribution in [2.75, 3.05) is 0 Å². The Morgan fingerprint density at radius 3 is 2.62 bits per heavy atom. The maximum atomic E-state index is 6.65. The van der Waals surface area contributed by atoms with E-state index in [1.165, 1.54) is 54.4 Å². The molecule has 0 spiro atoms. The molecular formula is C27H31ClO. The molecule has 2 aromatic carbocycles. The quantitative estimate of drug-likeness (QED) is 0.461. The number of benzene rings is 2. The molecule has 6 unspecified atom stereocenters. The van der Waals surface area contributed by atoms with E-state index < -0.39 is 0 Å². The van der Waals surface area contributed by atoms with Gasteiger partial charge in [-0.2, -0.15) is 0 Å². The maximum Gasteiger partial charge on any atom is 0.0774 e. The zero-order valence-corrected chi connectivity index (χ0v) is 18.3. The first kappa shape index (κ1) is 18.5. The van der Waals surface area contributed by atoms with Crippen LogP contribution in [0, 0.1) is 11.8 Å². The zero-order valence-electron chi connectivity index (χ0n) is 17.5. The lowest BCUT2D eigenvalue weighted by Crippen LogP contribution is -2.34. The highest BCUT2D eigenvalue weighted by atomic mass is 35.5. The van der Waals surface area contributed by atoms with Crippen LogP contribution in [0.25, 0.3) is 11.1 Å². The van der Waals surface area contributed by atoms with E-state index in [0.717, 1.165) is 6.42 Å². The van der Waals surface area contributed by atoms with E-state index >= 15 is 0 Å². The predicted octanol–water partition coefficient (Wildman–Crippen LogP) is 7.05. The molecule has 6 atom stereocenters. The van der Waals surface area contributed by atoms with Crippen LogP contribution in [0.15, 0.2) is 42.5 Å². The third kappa shape index (κ3) is 2.70. The average Bonchev–Trinajstić information content (AvgIpc) is 3.22. The summed E-state index contributed by atoms with van der Waals surface area (Å²) in [6.07, 6.45) is 8.22. The Morgan fingerprint density at radius 1 is 0.897 bits per heavy atom. The summed E-state index contributed by atoms with van der Waals surface area (Å²) in [5.41, 5.74) is 7.48. The van der Waals surface area contributed by atoms with Gasteiger partial charge in [-0.1, -0.05) is 62.7 Å². The normalized spacial score (nSPS) is 36.8. The van der Waals surface area contributed by atoms with Gasteiger partial charge in [0.25, 0.3) is 0 Å². The van der Waals surface area contributed by atoms with Crippen LogP contribution < -0.4 is 0 Å². The number of fused-ring (bicyclic) bond motifs is 6. The Balaban J connectivity index is 1.31. The van der Waals surface area contributed by atoms with E-state index in [0.29, 0.717) is 30.0 Å². The molecule has 1 aliphatic heterocycles. The van der Waals surface area contributed by atoms with Crippen LogP contribution in [0.1, 0.15) is 75.0 Å². The lowest BCUT2D eigenvalue weighted by Gasteiger charge is -2.35. The highest BCUT2D eigenvalue weighted by Gasteiger charge is 2.50. The second kappa shape index (κ2) is 6.59. The van der Waals surface area contributed by atoms with E-state index in [1.54, 1.807) is 5.56 Å². The first-order valence-corrected chi connectivity index (χ1v) is 12.0. The minimum absolute atomic E-state index is 0.0932. The molecule has 0 N–H and O–H groups in total. The number of ether oxygens (including phenoxy) is 1. The summed E-state index contributed by atoms with van der Waals surface area (Å²) in [6, 6.07) is 16.3. The molecule has 6 rings (SSSR count). The summed E-state index contributed by atoms with van der Waals surface area (Å²) >= 11 is 6.65. The van der Waals surface area contributed by atoms with Crippen molar-refractivity contribution in [1.82, 2.24) is 0 Å². The minimum Gasteiger partial charge on any atom is -0.373 e. The predicted molar refractivity (Wildman–Crippen MR) is 120 cm³/mol. The smallest absolute Gasteiger partial charge is 0.0774 e. The first-order valence-electron chi connectivity index (χ1n) is 11.6. The van der Waals surface area contributed by atoms with Crippen LogP contribution in [0.2, 0.25) is 0 Å². The van der Waals surface area contributed by atoms with Gasteiger partial charge in [0.15, 0.2) is 0 Å². The monoisotopic (exact) mass is 406 g/mol. The van der Waals surface area contributed by atoms with Crippen molar-refractivity contribution in [1.29, 1.82) is 0 Å². The van der Waals surface area contributed by atoms with Crippen LogP contribution in [-0.4, -0.2) is 17.6 Å². The molecule has 0 amide bonds.